The summed E-state index contributed by atoms with van der Waals surface area (Å²) in [5.74, 6) is 0.622. The summed E-state index contributed by atoms with van der Waals surface area (Å²) >= 11 is 5.29. The van der Waals surface area contributed by atoms with Crippen molar-refractivity contribution in [2.24, 2.45) is 0 Å². The molecule has 1 fully saturated rings. The Morgan fingerprint density at radius 3 is 2.70 bits per heavy atom. The third kappa shape index (κ3) is 2.69. The van der Waals surface area contributed by atoms with Crippen LogP contribution in [-0.4, -0.2) is 22.9 Å². The fourth-order valence-corrected chi connectivity index (χ4v) is 2.83. The number of quaternary nitrogens is 1. The van der Waals surface area contributed by atoms with E-state index in [0.717, 1.165) is 12.2 Å². The first kappa shape index (κ1) is 13.5. The molecule has 3 rings (SSSR count). The predicted octanol–water partition coefficient (Wildman–Crippen LogP) is 2.13. The van der Waals surface area contributed by atoms with Gasteiger partial charge in [-0.25, -0.2) is 0 Å². The van der Waals surface area contributed by atoms with Crippen LogP contribution in [0.3, 0.4) is 0 Å². The number of aryl methyl sites for hydroxylation is 2. The molecule has 4 nitrogen and oxygen atoms in total. The molecule has 0 saturated carbocycles. The molecular weight excluding hydrogens is 270 g/mol. The minimum absolute atomic E-state index is 0.470. The van der Waals surface area contributed by atoms with E-state index in [1.807, 2.05) is 10.7 Å². The van der Waals surface area contributed by atoms with Crippen LogP contribution in [0.4, 0.5) is 0 Å². The first-order valence-electron chi connectivity index (χ1n) is 7.12. The maximum atomic E-state index is 5.66. The van der Waals surface area contributed by atoms with E-state index in [-0.39, 0.29) is 0 Å². The minimum Gasteiger partial charge on any atom is -0.409 e. The molecule has 1 N–H and O–H groups in total. The van der Waals surface area contributed by atoms with Gasteiger partial charge in [0, 0.05) is 18.4 Å². The zero-order valence-electron chi connectivity index (χ0n) is 12.0. The van der Waals surface area contributed by atoms with Gasteiger partial charge in [0.2, 0.25) is 5.89 Å². The van der Waals surface area contributed by atoms with Gasteiger partial charge in [-0.15, -0.1) is 5.10 Å². The van der Waals surface area contributed by atoms with Crippen LogP contribution in [0.15, 0.2) is 22.6 Å². The average molecular weight is 290 g/mol. The van der Waals surface area contributed by atoms with Gasteiger partial charge in [0.15, 0.2) is 6.67 Å². The summed E-state index contributed by atoms with van der Waals surface area (Å²) in [4.78, 5) is 2.00. The van der Waals surface area contributed by atoms with Crippen LogP contribution in [0.1, 0.15) is 24.0 Å². The minimum atomic E-state index is 0.470. The lowest BCUT2D eigenvalue weighted by molar-refractivity contribution is -0.911. The molecule has 2 heterocycles. The van der Waals surface area contributed by atoms with Gasteiger partial charge in [0.05, 0.1) is 13.1 Å². The van der Waals surface area contributed by atoms with Crippen molar-refractivity contribution in [1.82, 2.24) is 9.78 Å². The van der Waals surface area contributed by atoms with Crippen LogP contribution in [0.5, 0.6) is 0 Å². The van der Waals surface area contributed by atoms with Gasteiger partial charge in [-0.3, -0.25) is 0 Å². The van der Waals surface area contributed by atoms with Crippen LogP contribution < -0.4 is 4.90 Å². The quantitative estimate of drug-likeness (QED) is 0.880. The lowest BCUT2D eigenvalue weighted by Gasteiger charge is -2.10. The van der Waals surface area contributed by atoms with Crippen LogP contribution in [0, 0.1) is 18.7 Å². The number of rotatable bonds is 3. The average Bonchev–Trinajstić information content (AvgIpc) is 3.04. The molecule has 1 aromatic heterocycles. The largest absolute Gasteiger partial charge is 0.409 e. The Morgan fingerprint density at radius 2 is 2.00 bits per heavy atom. The topological polar surface area (TPSA) is 35.4 Å². The van der Waals surface area contributed by atoms with Crippen LogP contribution in [0.2, 0.25) is 0 Å². The Hall–Kier alpha value is -1.46. The van der Waals surface area contributed by atoms with Crippen LogP contribution in [0.25, 0.3) is 11.5 Å². The Labute approximate surface area is 124 Å². The van der Waals surface area contributed by atoms with Crippen molar-refractivity contribution in [1.29, 1.82) is 0 Å². The van der Waals surface area contributed by atoms with Crippen LogP contribution in [-0.2, 0) is 6.67 Å². The van der Waals surface area contributed by atoms with Crippen molar-refractivity contribution in [3.63, 3.8) is 0 Å². The van der Waals surface area contributed by atoms with Crippen molar-refractivity contribution in [2.45, 2.75) is 33.4 Å². The smallest absolute Gasteiger partial charge is 0.292 e. The summed E-state index contributed by atoms with van der Waals surface area (Å²) < 4.78 is 7.48. The highest BCUT2D eigenvalue weighted by molar-refractivity contribution is 7.71. The molecule has 0 atom stereocenters. The molecule has 1 aliphatic rings. The second-order valence-corrected chi connectivity index (χ2v) is 5.94. The van der Waals surface area contributed by atoms with E-state index in [2.05, 4.69) is 31.1 Å². The number of likely N-dealkylation sites (tertiary alicyclic amines) is 1. The Balaban J connectivity index is 1.87. The SMILES string of the molecule is Cc1ccc(-c2nn(C[NH+]3CCCC3)c(=S)o2)cc1C. The molecule has 0 amide bonds. The standard InChI is InChI=1S/C15H19N3OS/c1-11-5-6-13(9-12(11)2)14-16-18(15(20)19-14)10-17-7-3-4-8-17/h5-6,9H,3-4,7-8,10H2,1-2H3/p+1. The predicted molar refractivity (Wildman–Crippen MR) is 80.2 cm³/mol. The fraction of sp³-hybridized carbons (Fsp3) is 0.467. The molecule has 1 saturated heterocycles. The number of nitrogens with one attached hydrogen (secondary N) is 1. The van der Waals surface area contributed by atoms with Gasteiger partial charge < -0.3 is 9.32 Å². The van der Waals surface area contributed by atoms with E-state index >= 15 is 0 Å². The molecule has 0 bridgehead atoms. The maximum absolute atomic E-state index is 5.66. The highest BCUT2D eigenvalue weighted by atomic mass is 32.1. The van der Waals surface area contributed by atoms with Crippen molar-refractivity contribution < 1.29 is 9.32 Å². The summed E-state index contributed by atoms with van der Waals surface area (Å²) in [5.41, 5.74) is 3.51. The first-order valence-corrected chi connectivity index (χ1v) is 7.53. The molecule has 20 heavy (non-hydrogen) atoms. The van der Waals surface area contributed by atoms with Gasteiger partial charge in [-0.05, 0) is 49.3 Å². The molecule has 5 heteroatoms. The van der Waals surface area contributed by atoms with E-state index in [1.165, 1.54) is 42.0 Å². The zero-order chi connectivity index (χ0) is 14.1. The molecule has 0 unspecified atom stereocenters. The summed E-state index contributed by atoms with van der Waals surface area (Å²) in [7, 11) is 0. The van der Waals surface area contributed by atoms with E-state index < -0.39 is 0 Å². The highest BCUT2D eigenvalue weighted by Crippen LogP contribution is 2.20. The Bertz CT molecular complexity index is 668. The normalized spacial score (nSPS) is 15.9. The summed E-state index contributed by atoms with van der Waals surface area (Å²) in [6.07, 6.45) is 2.59. The van der Waals surface area contributed by atoms with Gasteiger partial charge in [-0.2, -0.15) is 4.68 Å². The lowest BCUT2D eigenvalue weighted by Crippen LogP contribution is -3.09. The molecule has 0 radical (unpaired) electrons. The number of hydrogen-bond donors (Lipinski definition) is 1. The number of benzene rings is 1. The van der Waals surface area contributed by atoms with Gasteiger partial charge in [-0.1, -0.05) is 6.07 Å². The number of aromatic nitrogens is 2. The Kier molecular flexibility index (Phi) is 3.72. The molecule has 106 valence electrons. The molecule has 0 spiro atoms. The number of nitrogens with zero attached hydrogens (tertiary/aromatic N) is 2. The first-order chi connectivity index (χ1) is 9.63. The molecule has 0 aliphatic carbocycles. The van der Waals surface area contributed by atoms with E-state index in [9.17, 15) is 0 Å². The van der Waals surface area contributed by atoms with Crippen LogP contribution >= 0.6 is 12.2 Å². The Morgan fingerprint density at radius 1 is 1.25 bits per heavy atom. The van der Waals surface area contributed by atoms with Crippen molar-refractivity contribution >= 4 is 12.2 Å². The molecule has 1 aromatic carbocycles. The molecule has 2 aromatic rings. The second kappa shape index (κ2) is 5.50. The summed E-state index contributed by atoms with van der Waals surface area (Å²) in [5, 5.41) is 4.54. The van der Waals surface area contributed by atoms with Gasteiger partial charge >= 0.3 is 0 Å². The third-order valence-corrected chi connectivity index (χ3v) is 4.34. The number of hydrogen-bond acceptors (Lipinski definition) is 3. The highest BCUT2D eigenvalue weighted by Gasteiger charge is 2.18. The van der Waals surface area contributed by atoms with Gasteiger partial charge in [0.25, 0.3) is 4.84 Å². The van der Waals surface area contributed by atoms with Crippen molar-refractivity contribution in [3.8, 4) is 11.5 Å². The van der Waals surface area contributed by atoms with Gasteiger partial charge in [0.1, 0.15) is 0 Å². The van der Waals surface area contributed by atoms with Crippen molar-refractivity contribution in [3.05, 3.63) is 34.2 Å². The molecular formula is C15H20N3OS+. The summed E-state index contributed by atoms with van der Waals surface area (Å²) in [6, 6.07) is 6.23. The van der Waals surface area contributed by atoms with E-state index in [1.54, 1.807) is 0 Å². The third-order valence-electron chi connectivity index (χ3n) is 4.04. The van der Waals surface area contributed by atoms with E-state index in [0.29, 0.717) is 10.7 Å². The van der Waals surface area contributed by atoms with E-state index in [4.69, 9.17) is 16.6 Å². The maximum Gasteiger partial charge on any atom is 0.292 e. The second-order valence-electron chi connectivity index (χ2n) is 5.59. The fourth-order valence-electron chi connectivity index (χ4n) is 2.64. The zero-order valence-corrected chi connectivity index (χ0v) is 12.8. The lowest BCUT2D eigenvalue weighted by atomic mass is 10.1. The summed E-state index contributed by atoms with van der Waals surface area (Å²) in [6.45, 7) is 7.41. The molecule has 1 aliphatic heterocycles. The monoisotopic (exact) mass is 290 g/mol. The van der Waals surface area contributed by atoms with Crippen molar-refractivity contribution in [2.75, 3.05) is 13.1 Å².